The van der Waals surface area contributed by atoms with E-state index in [0.717, 1.165) is 16.7 Å². The van der Waals surface area contributed by atoms with Gasteiger partial charge in [0.25, 0.3) is 5.91 Å². The first-order valence-electron chi connectivity index (χ1n) is 8.62. The van der Waals surface area contributed by atoms with E-state index >= 15 is 0 Å². The van der Waals surface area contributed by atoms with Crippen LogP contribution in [0.15, 0.2) is 26.8 Å². The van der Waals surface area contributed by atoms with Crippen LogP contribution >= 0.6 is 0 Å². The second-order valence-electron chi connectivity index (χ2n) is 6.87. The number of allylic oxidation sites excluding steroid dienone is 1. The van der Waals surface area contributed by atoms with Gasteiger partial charge in [-0.3, -0.25) is 4.79 Å². The number of hydrazone groups is 1. The molecule has 0 spiro atoms. The molecule has 7 nitrogen and oxygen atoms in total. The van der Waals surface area contributed by atoms with Crippen LogP contribution in [0.2, 0.25) is 0 Å². The van der Waals surface area contributed by atoms with Crippen molar-refractivity contribution >= 4 is 32.7 Å². The molecule has 0 radical (unpaired) electrons. The Kier molecular flexibility index (Phi) is 4.71. The fourth-order valence-corrected chi connectivity index (χ4v) is 5.72. The lowest BCUT2D eigenvalue weighted by Crippen LogP contribution is -2.25. The Morgan fingerprint density at radius 3 is 2.52 bits per heavy atom. The van der Waals surface area contributed by atoms with E-state index in [1.807, 2.05) is 19.9 Å². The first kappa shape index (κ1) is 19.3. The number of benzene rings is 1. The van der Waals surface area contributed by atoms with Crippen LogP contribution < -0.4 is 0 Å². The van der Waals surface area contributed by atoms with Crippen molar-refractivity contribution < 1.29 is 18.0 Å². The average molecular weight is 389 g/mol. The third-order valence-electron chi connectivity index (χ3n) is 5.08. The molecule has 0 unspecified atom stereocenters. The quantitative estimate of drug-likeness (QED) is 0.574. The highest BCUT2D eigenvalue weighted by atomic mass is 32.2. The summed E-state index contributed by atoms with van der Waals surface area (Å²) in [4.78, 5) is 17.7. The predicted molar refractivity (Wildman–Crippen MR) is 105 cm³/mol. The number of nitrogens with zero attached hydrogens (tertiary/aromatic N) is 3. The molecule has 2 aliphatic rings. The number of carbonyl (C=O) groups is 1. The number of fused-ring (bicyclic) bond motifs is 1. The molecule has 0 bridgehead atoms. The van der Waals surface area contributed by atoms with E-state index in [4.69, 9.17) is 4.84 Å². The van der Waals surface area contributed by atoms with E-state index in [0.29, 0.717) is 34.5 Å². The fourth-order valence-electron chi connectivity index (χ4n) is 3.89. The van der Waals surface area contributed by atoms with E-state index in [9.17, 15) is 13.2 Å². The van der Waals surface area contributed by atoms with E-state index in [1.165, 1.54) is 12.1 Å². The molecule has 0 saturated heterocycles. The third-order valence-corrected chi connectivity index (χ3v) is 6.96. The molecule has 3 rings (SSSR count). The summed E-state index contributed by atoms with van der Waals surface area (Å²) in [6.07, 6.45) is 0.317. The van der Waals surface area contributed by atoms with Crippen LogP contribution in [0.4, 0.5) is 0 Å². The number of amides is 1. The molecular formula is C19H23N3O4S. The van der Waals surface area contributed by atoms with Gasteiger partial charge < -0.3 is 4.84 Å². The summed E-state index contributed by atoms with van der Waals surface area (Å²) in [5, 5.41) is 9.53. The maximum absolute atomic E-state index is 12.9. The largest absolute Gasteiger partial charge is 0.399 e. The minimum Gasteiger partial charge on any atom is -0.399 e. The molecule has 1 amide bonds. The van der Waals surface area contributed by atoms with E-state index in [2.05, 4.69) is 10.3 Å². The molecule has 2 heterocycles. The van der Waals surface area contributed by atoms with Crippen molar-refractivity contribution in [2.24, 2.45) is 10.3 Å². The average Bonchev–Trinajstić information content (AvgIpc) is 2.84. The topological polar surface area (TPSA) is 88.4 Å². The van der Waals surface area contributed by atoms with Crippen molar-refractivity contribution in [2.45, 2.75) is 39.0 Å². The van der Waals surface area contributed by atoms with Gasteiger partial charge in [0.1, 0.15) is 7.11 Å². The molecule has 0 atom stereocenters. The van der Waals surface area contributed by atoms with Gasteiger partial charge in [0.15, 0.2) is 9.84 Å². The summed E-state index contributed by atoms with van der Waals surface area (Å²) >= 11 is 0. The lowest BCUT2D eigenvalue weighted by Gasteiger charge is -2.24. The SMILES string of the molecule is CO/N=C1\CCS(=O)(=O)c2c(C)c(/C(C)=C3\C(=O)N(C)N=C3C)cc(C)c21. The summed E-state index contributed by atoms with van der Waals surface area (Å²) in [6.45, 7) is 7.25. The first-order valence-corrected chi connectivity index (χ1v) is 10.3. The number of hydrogen-bond acceptors (Lipinski definition) is 6. The van der Waals surface area contributed by atoms with Gasteiger partial charge in [0, 0.05) is 19.0 Å². The molecule has 0 aromatic heterocycles. The molecule has 1 aromatic rings. The summed E-state index contributed by atoms with van der Waals surface area (Å²) in [5.74, 6) is -0.201. The zero-order chi connectivity index (χ0) is 20.1. The Bertz CT molecular complexity index is 1050. The lowest BCUT2D eigenvalue weighted by atomic mass is 9.89. The fraction of sp³-hybridized carbons (Fsp3) is 0.421. The van der Waals surface area contributed by atoms with Crippen molar-refractivity contribution in [1.82, 2.24) is 5.01 Å². The Labute approximate surface area is 159 Å². The Balaban J connectivity index is 2.34. The number of oxime groups is 1. The number of likely N-dealkylation sites (N-methyl/N-ethyl adjacent to an activating group) is 1. The van der Waals surface area contributed by atoms with Gasteiger partial charge >= 0.3 is 0 Å². The lowest BCUT2D eigenvalue weighted by molar-refractivity contribution is -0.124. The summed E-state index contributed by atoms with van der Waals surface area (Å²) in [5.41, 5.74) is 5.26. The van der Waals surface area contributed by atoms with Crippen molar-refractivity contribution in [3.05, 3.63) is 33.9 Å². The minimum absolute atomic E-state index is 0.0102. The van der Waals surface area contributed by atoms with Gasteiger partial charge in [-0.05, 0) is 50.0 Å². The standard InChI is InChI=1S/C19H23N3O4S/c1-10-9-14(11(2)17-13(4)20-22(5)19(17)23)12(3)18-16(10)15(21-26-6)7-8-27(18,24)25/h9H,7-8H2,1-6H3/b17-11-,21-15+. The molecule has 0 fully saturated rings. The maximum Gasteiger partial charge on any atom is 0.275 e. The molecule has 27 heavy (non-hydrogen) atoms. The first-order chi connectivity index (χ1) is 12.6. The molecular weight excluding hydrogens is 366 g/mol. The van der Waals surface area contributed by atoms with Crippen molar-refractivity contribution in [3.63, 3.8) is 0 Å². The van der Waals surface area contributed by atoms with Gasteiger partial charge in [-0.2, -0.15) is 5.10 Å². The van der Waals surface area contributed by atoms with Crippen LogP contribution in [0.25, 0.3) is 5.57 Å². The normalized spacial score (nSPS) is 22.0. The number of aryl methyl sites for hydroxylation is 1. The molecule has 144 valence electrons. The van der Waals surface area contributed by atoms with Crippen LogP contribution in [-0.2, 0) is 19.5 Å². The van der Waals surface area contributed by atoms with Gasteiger partial charge in [0.2, 0.25) is 0 Å². The zero-order valence-corrected chi connectivity index (χ0v) is 17.2. The minimum atomic E-state index is -3.45. The Morgan fingerprint density at radius 1 is 1.30 bits per heavy atom. The van der Waals surface area contributed by atoms with Crippen LogP contribution in [0.5, 0.6) is 0 Å². The number of carbonyl (C=O) groups excluding carboxylic acids is 1. The van der Waals surface area contributed by atoms with E-state index in [-0.39, 0.29) is 16.6 Å². The van der Waals surface area contributed by atoms with Gasteiger partial charge in [0.05, 0.1) is 27.6 Å². The van der Waals surface area contributed by atoms with E-state index < -0.39 is 9.84 Å². The molecule has 0 saturated carbocycles. The number of hydrogen-bond donors (Lipinski definition) is 0. The summed E-state index contributed by atoms with van der Waals surface area (Å²) in [6, 6.07) is 1.92. The van der Waals surface area contributed by atoms with Crippen LogP contribution in [0.1, 0.15) is 42.5 Å². The molecule has 0 aliphatic carbocycles. The Hall–Kier alpha value is -2.48. The second-order valence-corrected chi connectivity index (χ2v) is 8.92. The van der Waals surface area contributed by atoms with Gasteiger partial charge in [-0.15, -0.1) is 0 Å². The van der Waals surface area contributed by atoms with Gasteiger partial charge in [-0.1, -0.05) is 11.2 Å². The highest BCUT2D eigenvalue weighted by Crippen LogP contribution is 2.37. The van der Waals surface area contributed by atoms with E-state index in [1.54, 1.807) is 20.9 Å². The van der Waals surface area contributed by atoms with Gasteiger partial charge in [-0.25, -0.2) is 13.4 Å². The molecule has 2 aliphatic heterocycles. The highest BCUT2D eigenvalue weighted by Gasteiger charge is 2.34. The second kappa shape index (κ2) is 6.60. The Morgan fingerprint density at radius 2 is 1.96 bits per heavy atom. The van der Waals surface area contributed by atoms with Crippen molar-refractivity contribution in [3.8, 4) is 0 Å². The van der Waals surface area contributed by atoms with Crippen LogP contribution in [0, 0.1) is 13.8 Å². The molecule has 1 aromatic carbocycles. The highest BCUT2D eigenvalue weighted by molar-refractivity contribution is 7.91. The smallest absolute Gasteiger partial charge is 0.275 e. The maximum atomic E-state index is 12.9. The van der Waals surface area contributed by atoms with Crippen LogP contribution in [-0.4, -0.2) is 50.7 Å². The zero-order valence-electron chi connectivity index (χ0n) is 16.4. The summed E-state index contributed by atoms with van der Waals surface area (Å²) < 4.78 is 25.7. The third kappa shape index (κ3) is 2.97. The number of sulfone groups is 1. The molecule has 8 heteroatoms. The van der Waals surface area contributed by atoms with Crippen molar-refractivity contribution in [1.29, 1.82) is 0 Å². The predicted octanol–water partition coefficient (Wildman–Crippen LogP) is 2.45. The number of rotatable bonds is 2. The monoisotopic (exact) mass is 389 g/mol. The molecule has 0 N–H and O–H groups in total. The van der Waals surface area contributed by atoms with Crippen molar-refractivity contribution in [2.75, 3.05) is 19.9 Å². The summed E-state index contributed by atoms with van der Waals surface area (Å²) in [7, 11) is -0.393. The van der Waals surface area contributed by atoms with Crippen LogP contribution in [0.3, 0.4) is 0 Å².